The molecular weight excluding hydrogens is 376 g/mol. The maximum absolute atomic E-state index is 12.6. The largest absolute Gasteiger partial charge is 0.381 e. The first-order valence-electron chi connectivity index (χ1n) is 9.48. The summed E-state index contributed by atoms with van der Waals surface area (Å²) in [6.07, 6.45) is 1.69. The van der Waals surface area contributed by atoms with E-state index in [-0.39, 0.29) is 17.2 Å². The topological polar surface area (TPSA) is 67.4 Å². The Kier molecular flexibility index (Phi) is 6.70. The van der Waals surface area contributed by atoms with Crippen LogP contribution in [0.15, 0.2) is 54.6 Å². The Balaban J connectivity index is 1.63. The van der Waals surface area contributed by atoms with Crippen LogP contribution in [0.3, 0.4) is 0 Å². The predicted octanol–water partition coefficient (Wildman–Crippen LogP) is 3.32. The molecule has 2 amide bonds. The molecule has 0 aliphatic carbocycles. The van der Waals surface area contributed by atoms with Crippen molar-refractivity contribution in [1.29, 1.82) is 0 Å². The average molecular weight is 401 g/mol. The van der Waals surface area contributed by atoms with Gasteiger partial charge in [-0.15, -0.1) is 0 Å². The quantitative estimate of drug-likeness (QED) is 0.781. The SMILES string of the molecule is CC(NC(=O)c1ccccc1Cl)C(=O)NCC1(c2ccccc2)CCOCC1. The van der Waals surface area contributed by atoms with E-state index in [2.05, 4.69) is 22.8 Å². The van der Waals surface area contributed by atoms with Crippen LogP contribution in [-0.2, 0) is 14.9 Å². The number of ether oxygens (including phenoxy) is 1. The van der Waals surface area contributed by atoms with Gasteiger partial charge in [-0.25, -0.2) is 0 Å². The lowest BCUT2D eigenvalue weighted by Gasteiger charge is -2.38. The minimum Gasteiger partial charge on any atom is -0.381 e. The number of nitrogens with one attached hydrogen (secondary N) is 2. The van der Waals surface area contributed by atoms with Gasteiger partial charge in [0.05, 0.1) is 10.6 Å². The van der Waals surface area contributed by atoms with Crippen molar-refractivity contribution < 1.29 is 14.3 Å². The third-order valence-electron chi connectivity index (χ3n) is 5.30. The van der Waals surface area contributed by atoms with E-state index in [0.717, 1.165) is 12.8 Å². The summed E-state index contributed by atoms with van der Waals surface area (Å²) in [7, 11) is 0. The molecule has 0 saturated carbocycles. The van der Waals surface area contributed by atoms with Gasteiger partial charge in [0.15, 0.2) is 0 Å². The van der Waals surface area contributed by atoms with Crippen molar-refractivity contribution in [3.8, 4) is 0 Å². The van der Waals surface area contributed by atoms with Crippen molar-refractivity contribution in [3.05, 3.63) is 70.7 Å². The smallest absolute Gasteiger partial charge is 0.253 e. The van der Waals surface area contributed by atoms with Crippen LogP contribution in [0.4, 0.5) is 0 Å². The number of amides is 2. The normalized spacial score (nSPS) is 16.8. The molecule has 1 atom stereocenters. The number of hydrogen-bond donors (Lipinski definition) is 2. The first kappa shape index (κ1) is 20.4. The first-order chi connectivity index (χ1) is 13.5. The summed E-state index contributed by atoms with van der Waals surface area (Å²) in [4.78, 5) is 25.0. The number of halogens is 1. The molecule has 0 aromatic heterocycles. The molecular formula is C22H25ClN2O3. The van der Waals surface area contributed by atoms with Crippen LogP contribution in [0.25, 0.3) is 0 Å². The third kappa shape index (κ3) is 4.72. The molecule has 2 aromatic rings. The summed E-state index contributed by atoms with van der Waals surface area (Å²) in [5, 5.41) is 6.10. The summed E-state index contributed by atoms with van der Waals surface area (Å²) >= 11 is 6.06. The summed E-state index contributed by atoms with van der Waals surface area (Å²) in [6.45, 7) is 3.52. The maximum atomic E-state index is 12.6. The van der Waals surface area contributed by atoms with Crippen molar-refractivity contribution in [1.82, 2.24) is 10.6 Å². The fraction of sp³-hybridized carbons (Fsp3) is 0.364. The van der Waals surface area contributed by atoms with Crippen molar-refractivity contribution in [2.75, 3.05) is 19.8 Å². The van der Waals surface area contributed by atoms with Gasteiger partial charge in [-0.1, -0.05) is 54.1 Å². The first-order valence-corrected chi connectivity index (χ1v) is 9.86. The molecule has 1 fully saturated rings. The lowest BCUT2D eigenvalue weighted by molar-refractivity contribution is -0.123. The number of carbonyl (C=O) groups excluding carboxylic acids is 2. The Labute approximate surface area is 170 Å². The molecule has 1 unspecified atom stereocenters. The predicted molar refractivity (Wildman–Crippen MR) is 110 cm³/mol. The van der Waals surface area contributed by atoms with E-state index < -0.39 is 6.04 Å². The molecule has 3 rings (SSSR count). The van der Waals surface area contributed by atoms with Crippen LogP contribution in [0.5, 0.6) is 0 Å². The second-order valence-corrected chi connectivity index (χ2v) is 7.56. The second kappa shape index (κ2) is 9.22. The van der Waals surface area contributed by atoms with Crippen LogP contribution in [0, 0.1) is 0 Å². The highest BCUT2D eigenvalue weighted by molar-refractivity contribution is 6.33. The molecule has 0 spiro atoms. The van der Waals surface area contributed by atoms with Crippen molar-refractivity contribution >= 4 is 23.4 Å². The monoisotopic (exact) mass is 400 g/mol. The molecule has 1 aliphatic rings. The van der Waals surface area contributed by atoms with E-state index in [9.17, 15) is 9.59 Å². The highest BCUT2D eigenvalue weighted by atomic mass is 35.5. The molecule has 6 heteroatoms. The van der Waals surface area contributed by atoms with Gasteiger partial charge in [0.1, 0.15) is 6.04 Å². The zero-order valence-corrected chi connectivity index (χ0v) is 16.7. The van der Waals surface area contributed by atoms with Crippen LogP contribution < -0.4 is 10.6 Å². The Morgan fingerprint density at radius 2 is 1.71 bits per heavy atom. The lowest BCUT2D eigenvalue weighted by atomic mass is 9.74. The zero-order valence-electron chi connectivity index (χ0n) is 15.9. The van der Waals surface area contributed by atoms with E-state index in [0.29, 0.717) is 30.3 Å². The zero-order chi connectivity index (χ0) is 20.0. The van der Waals surface area contributed by atoms with Crippen LogP contribution in [0.2, 0.25) is 5.02 Å². The highest BCUT2D eigenvalue weighted by Gasteiger charge is 2.35. The fourth-order valence-electron chi connectivity index (χ4n) is 3.52. The molecule has 2 N–H and O–H groups in total. The lowest BCUT2D eigenvalue weighted by Crippen LogP contribution is -2.50. The van der Waals surface area contributed by atoms with Gasteiger partial charge in [0.2, 0.25) is 5.91 Å². The molecule has 2 aromatic carbocycles. The summed E-state index contributed by atoms with van der Waals surface area (Å²) in [6, 6.07) is 16.3. The number of hydrogen-bond acceptors (Lipinski definition) is 3. The number of carbonyl (C=O) groups is 2. The van der Waals surface area contributed by atoms with Gasteiger partial charge < -0.3 is 15.4 Å². The molecule has 5 nitrogen and oxygen atoms in total. The van der Waals surface area contributed by atoms with Crippen molar-refractivity contribution in [3.63, 3.8) is 0 Å². The van der Waals surface area contributed by atoms with Gasteiger partial charge in [-0.2, -0.15) is 0 Å². The molecule has 1 aliphatic heterocycles. The Hall–Kier alpha value is -2.37. The van der Waals surface area contributed by atoms with Gasteiger partial charge in [-0.3, -0.25) is 9.59 Å². The van der Waals surface area contributed by atoms with Crippen LogP contribution >= 0.6 is 11.6 Å². The molecule has 1 heterocycles. The summed E-state index contributed by atoms with van der Waals surface area (Å²) in [5.74, 6) is -0.584. The van der Waals surface area contributed by atoms with Gasteiger partial charge in [0, 0.05) is 25.2 Å². The van der Waals surface area contributed by atoms with Crippen molar-refractivity contribution in [2.45, 2.75) is 31.2 Å². The molecule has 0 bridgehead atoms. The van der Waals surface area contributed by atoms with Crippen LogP contribution in [0.1, 0.15) is 35.7 Å². The van der Waals surface area contributed by atoms with E-state index in [1.165, 1.54) is 5.56 Å². The number of benzene rings is 2. The second-order valence-electron chi connectivity index (χ2n) is 7.15. The Morgan fingerprint density at radius 1 is 1.07 bits per heavy atom. The van der Waals surface area contributed by atoms with Crippen LogP contribution in [-0.4, -0.2) is 37.6 Å². The van der Waals surface area contributed by atoms with Gasteiger partial charge in [0.25, 0.3) is 5.91 Å². The Bertz CT molecular complexity index is 820. The number of rotatable bonds is 6. The third-order valence-corrected chi connectivity index (χ3v) is 5.63. The fourth-order valence-corrected chi connectivity index (χ4v) is 3.74. The molecule has 1 saturated heterocycles. The molecule has 0 radical (unpaired) electrons. The summed E-state index contributed by atoms with van der Waals surface area (Å²) in [5.41, 5.74) is 1.40. The van der Waals surface area contributed by atoms with E-state index >= 15 is 0 Å². The molecule has 28 heavy (non-hydrogen) atoms. The Morgan fingerprint density at radius 3 is 2.39 bits per heavy atom. The van der Waals surface area contributed by atoms with Gasteiger partial charge >= 0.3 is 0 Å². The average Bonchev–Trinajstić information content (AvgIpc) is 2.73. The van der Waals surface area contributed by atoms with E-state index in [1.54, 1.807) is 31.2 Å². The summed E-state index contributed by atoms with van der Waals surface area (Å²) < 4.78 is 5.53. The molecule has 148 valence electrons. The minimum atomic E-state index is -0.670. The maximum Gasteiger partial charge on any atom is 0.253 e. The van der Waals surface area contributed by atoms with E-state index in [1.807, 2.05) is 18.2 Å². The van der Waals surface area contributed by atoms with Crippen molar-refractivity contribution in [2.24, 2.45) is 0 Å². The van der Waals surface area contributed by atoms with Gasteiger partial charge in [-0.05, 0) is 37.5 Å². The van der Waals surface area contributed by atoms with E-state index in [4.69, 9.17) is 16.3 Å². The minimum absolute atomic E-state index is 0.151. The highest BCUT2D eigenvalue weighted by Crippen LogP contribution is 2.34. The standard InChI is InChI=1S/C22H25ClN2O3/c1-16(25-21(27)18-9-5-6-10-19(18)23)20(26)24-15-22(11-13-28-14-12-22)17-7-3-2-4-8-17/h2-10,16H,11-15H2,1H3,(H,24,26)(H,25,27).